The number of aliphatic hydroxyl groups is 2. The molecule has 0 spiro atoms. The van der Waals surface area contributed by atoms with Crippen molar-refractivity contribution in [3.63, 3.8) is 0 Å². The molecule has 0 amide bonds. The molecule has 0 aromatic heterocycles. The van der Waals surface area contributed by atoms with Gasteiger partial charge in [-0.15, -0.1) is 0 Å². The zero-order chi connectivity index (χ0) is 13.2. The summed E-state index contributed by atoms with van der Waals surface area (Å²) in [6.07, 6.45) is 0. The van der Waals surface area contributed by atoms with Crippen LogP contribution in [0.1, 0.15) is 0 Å². The third-order valence-electron chi connectivity index (χ3n) is 2.58. The van der Waals surface area contributed by atoms with Crippen LogP contribution < -0.4 is 5.32 Å². The first-order valence-electron chi connectivity index (χ1n) is 5.25. The standard InChI is InChI=1S/C11H12F2N2O3/c12-7-1-2-9(8(13)3-7)14-10-15-11(4-16,5-17)6-18-10/h1-3,16-17H,4-6H2,(H,14,15). The maximum atomic E-state index is 13.3. The van der Waals surface area contributed by atoms with Gasteiger partial charge in [-0.05, 0) is 12.1 Å². The van der Waals surface area contributed by atoms with Crippen molar-refractivity contribution in [3.8, 4) is 0 Å². The molecule has 98 valence electrons. The predicted octanol–water partition coefficient (Wildman–Crippen LogP) is 0.486. The molecule has 0 atom stereocenters. The van der Waals surface area contributed by atoms with Gasteiger partial charge in [-0.3, -0.25) is 0 Å². The quantitative estimate of drug-likeness (QED) is 0.737. The lowest BCUT2D eigenvalue weighted by atomic mass is 10.1. The van der Waals surface area contributed by atoms with Crippen molar-refractivity contribution < 1.29 is 23.7 Å². The highest BCUT2D eigenvalue weighted by Gasteiger charge is 2.36. The first-order valence-corrected chi connectivity index (χ1v) is 5.25. The summed E-state index contributed by atoms with van der Waals surface area (Å²) in [6, 6.07) is 2.99. The van der Waals surface area contributed by atoms with E-state index in [4.69, 9.17) is 14.9 Å². The number of rotatable bonds is 3. The summed E-state index contributed by atoms with van der Waals surface area (Å²) in [7, 11) is 0. The van der Waals surface area contributed by atoms with E-state index in [9.17, 15) is 8.78 Å². The molecule has 18 heavy (non-hydrogen) atoms. The average Bonchev–Trinajstić information content (AvgIpc) is 2.77. The van der Waals surface area contributed by atoms with E-state index in [1.165, 1.54) is 6.07 Å². The molecule has 0 saturated carbocycles. The van der Waals surface area contributed by atoms with Gasteiger partial charge in [-0.2, -0.15) is 0 Å². The number of anilines is 1. The maximum absolute atomic E-state index is 13.3. The van der Waals surface area contributed by atoms with Crippen LogP contribution in [0.5, 0.6) is 0 Å². The molecule has 0 saturated heterocycles. The van der Waals surface area contributed by atoms with Crippen LogP contribution >= 0.6 is 0 Å². The SMILES string of the molecule is OCC1(CO)COC(Nc2ccc(F)cc2F)=N1. The Morgan fingerprint density at radius 1 is 1.33 bits per heavy atom. The van der Waals surface area contributed by atoms with E-state index in [0.29, 0.717) is 0 Å². The third kappa shape index (κ3) is 2.41. The lowest BCUT2D eigenvalue weighted by Crippen LogP contribution is -2.37. The first-order chi connectivity index (χ1) is 8.58. The smallest absolute Gasteiger partial charge is 0.290 e. The van der Waals surface area contributed by atoms with Crippen LogP contribution in [-0.2, 0) is 4.74 Å². The van der Waals surface area contributed by atoms with E-state index in [2.05, 4.69) is 10.3 Å². The van der Waals surface area contributed by atoms with Gasteiger partial charge in [0.25, 0.3) is 6.02 Å². The molecule has 2 rings (SSSR count). The zero-order valence-corrected chi connectivity index (χ0v) is 9.36. The third-order valence-corrected chi connectivity index (χ3v) is 2.58. The molecule has 7 heteroatoms. The van der Waals surface area contributed by atoms with Crippen molar-refractivity contribution in [2.24, 2.45) is 4.99 Å². The highest BCUT2D eigenvalue weighted by Crippen LogP contribution is 2.21. The summed E-state index contributed by atoms with van der Waals surface area (Å²) in [5, 5.41) is 20.7. The van der Waals surface area contributed by atoms with Crippen molar-refractivity contribution in [2.45, 2.75) is 5.54 Å². The Balaban J connectivity index is 2.15. The van der Waals surface area contributed by atoms with E-state index < -0.39 is 17.2 Å². The summed E-state index contributed by atoms with van der Waals surface area (Å²) in [4.78, 5) is 3.94. The Bertz CT molecular complexity index is 475. The molecule has 1 aliphatic heterocycles. The van der Waals surface area contributed by atoms with E-state index in [1.54, 1.807) is 0 Å². The number of ether oxygens (including phenoxy) is 1. The Kier molecular flexibility index (Phi) is 3.44. The molecule has 1 heterocycles. The molecular formula is C11H12F2N2O3. The molecule has 1 aromatic rings. The van der Waals surface area contributed by atoms with Gasteiger partial charge < -0.3 is 20.3 Å². The highest BCUT2D eigenvalue weighted by atomic mass is 19.1. The minimum absolute atomic E-state index is 0.00169. The van der Waals surface area contributed by atoms with Gasteiger partial charge in [0.2, 0.25) is 0 Å². The number of nitrogens with zero attached hydrogens (tertiary/aromatic N) is 1. The Labute approximate surface area is 102 Å². The van der Waals surface area contributed by atoms with Crippen LogP contribution in [0.4, 0.5) is 14.5 Å². The summed E-state index contributed by atoms with van der Waals surface area (Å²) >= 11 is 0. The number of aliphatic imine (C=N–C) groups is 1. The van der Waals surface area contributed by atoms with Crippen LogP contribution in [0.15, 0.2) is 23.2 Å². The second kappa shape index (κ2) is 4.87. The maximum Gasteiger partial charge on any atom is 0.290 e. The van der Waals surface area contributed by atoms with Gasteiger partial charge >= 0.3 is 0 Å². The lowest BCUT2D eigenvalue weighted by molar-refractivity contribution is 0.0976. The zero-order valence-electron chi connectivity index (χ0n) is 9.36. The topological polar surface area (TPSA) is 74.1 Å². The van der Waals surface area contributed by atoms with Crippen molar-refractivity contribution in [2.75, 3.05) is 25.1 Å². The second-order valence-electron chi connectivity index (χ2n) is 4.00. The second-order valence-corrected chi connectivity index (χ2v) is 4.00. The van der Waals surface area contributed by atoms with Crippen molar-refractivity contribution >= 4 is 11.7 Å². The van der Waals surface area contributed by atoms with Crippen LogP contribution in [0.3, 0.4) is 0 Å². The van der Waals surface area contributed by atoms with E-state index >= 15 is 0 Å². The Hall–Kier alpha value is -1.73. The van der Waals surface area contributed by atoms with Crippen molar-refractivity contribution in [1.82, 2.24) is 0 Å². The molecule has 0 bridgehead atoms. The van der Waals surface area contributed by atoms with Crippen LogP contribution in [0.25, 0.3) is 0 Å². The molecule has 1 aliphatic rings. The van der Waals surface area contributed by atoms with Gasteiger partial charge in [0.05, 0.1) is 18.9 Å². The molecule has 0 radical (unpaired) electrons. The van der Waals surface area contributed by atoms with Crippen molar-refractivity contribution in [1.29, 1.82) is 0 Å². The Morgan fingerprint density at radius 2 is 2.06 bits per heavy atom. The largest absolute Gasteiger partial charge is 0.462 e. The van der Waals surface area contributed by atoms with Crippen LogP contribution in [-0.4, -0.2) is 41.6 Å². The molecule has 3 N–H and O–H groups in total. The fourth-order valence-electron chi connectivity index (χ4n) is 1.46. The number of hydrogen-bond donors (Lipinski definition) is 3. The minimum atomic E-state index is -1.11. The van der Waals surface area contributed by atoms with Crippen molar-refractivity contribution in [3.05, 3.63) is 29.8 Å². The van der Waals surface area contributed by atoms with Gasteiger partial charge in [-0.25, -0.2) is 13.8 Å². The molecule has 0 aliphatic carbocycles. The minimum Gasteiger partial charge on any atom is -0.462 e. The van der Waals surface area contributed by atoms with Gasteiger partial charge in [0, 0.05) is 6.07 Å². The van der Waals surface area contributed by atoms with E-state index in [-0.39, 0.29) is 31.5 Å². The Morgan fingerprint density at radius 3 is 2.61 bits per heavy atom. The number of amidine groups is 1. The number of nitrogens with one attached hydrogen (secondary N) is 1. The summed E-state index contributed by atoms with van der Waals surface area (Å²) < 4.78 is 31.1. The monoisotopic (exact) mass is 258 g/mol. The first kappa shape index (κ1) is 12.7. The molecule has 5 nitrogen and oxygen atoms in total. The molecule has 0 unspecified atom stereocenters. The lowest BCUT2D eigenvalue weighted by Gasteiger charge is -2.16. The fourth-order valence-corrected chi connectivity index (χ4v) is 1.46. The highest BCUT2D eigenvalue weighted by molar-refractivity contribution is 5.90. The predicted molar refractivity (Wildman–Crippen MR) is 60.3 cm³/mol. The van der Waals surface area contributed by atoms with E-state index in [1.807, 2.05) is 0 Å². The fraction of sp³-hybridized carbons (Fsp3) is 0.364. The molecule has 0 fully saturated rings. The van der Waals surface area contributed by atoms with Gasteiger partial charge in [-0.1, -0.05) is 0 Å². The summed E-state index contributed by atoms with van der Waals surface area (Å²) in [5.74, 6) is -1.47. The van der Waals surface area contributed by atoms with E-state index in [0.717, 1.165) is 12.1 Å². The number of aliphatic hydroxyl groups excluding tert-OH is 2. The number of benzene rings is 1. The van der Waals surface area contributed by atoms with Crippen LogP contribution in [0, 0.1) is 11.6 Å². The molecule has 1 aromatic carbocycles. The number of halogens is 2. The average molecular weight is 258 g/mol. The molecular weight excluding hydrogens is 246 g/mol. The summed E-state index contributed by atoms with van der Waals surface area (Å²) in [5.41, 5.74) is -1.11. The number of hydrogen-bond acceptors (Lipinski definition) is 5. The van der Waals surface area contributed by atoms with Gasteiger partial charge in [0.1, 0.15) is 23.8 Å². The normalized spacial score (nSPS) is 17.2. The van der Waals surface area contributed by atoms with Gasteiger partial charge in [0.15, 0.2) is 0 Å². The van der Waals surface area contributed by atoms with Crippen LogP contribution in [0.2, 0.25) is 0 Å². The summed E-state index contributed by atoms with van der Waals surface area (Å²) in [6.45, 7) is -0.785.